The third-order valence-electron chi connectivity index (χ3n) is 3.26. The molecule has 1 atom stereocenters. The molecule has 2 rings (SSSR count). The summed E-state index contributed by atoms with van der Waals surface area (Å²) >= 11 is 0. The van der Waals surface area contributed by atoms with E-state index < -0.39 is 0 Å². The molecule has 4 heteroatoms. The number of rotatable bonds is 2. The van der Waals surface area contributed by atoms with Gasteiger partial charge in [-0.15, -0.1) is 0 Å². The molecule has 1 amide bonds. The predicted molar refractivity (Wildman–Crippen MR) is 61.7 cm³/mol. The van der Waals surface area contributed by atoms with E-state index in [9.17, 15) is 9.18 Å². The van der Waals surface area contributed by atoms with Gasteiger partial charge in [-0.1, -0.05) is 12.1 Å². The lowest BCUT2D eigenvalue weighted by molar-refractivity contribution is -0.129. The Bertz CT molecular complexity index is 433. The monoisotopic (exact) mass is 237 g/mol. The number of halogens is 1. The van der Waals surface area contributed by atoms with E-state index in [1.165, 1.54) is 13.0 Å². The highest BCUT2D eigenvalue weighted by Gasteiger charge is 2.29. The second-order valence-electron chi connectivity index (χ2n) is 4.38. The predicted octanol–water partition coefficient (Wildman–Crippen LogP) is 2.00. The molecule has 3 nitrogen and oxygen atoms in total. The van der Waals surface area contributed by atoms with E-state index in [2.05, 4.69) is 0 Å². The normalized spacial score (nSPS) is 19.7. The maximum absolute atomic E-state index is 13.9. The zero-order valence-corrected chi connectivity index (χ0v) is 9.82. The first-order valence-corrected chi connectivity index (χ1v) is 5.80. The number of amides is 1. The van der Waals surface area contributed by atoms with Gasteiger partial charge in [0.1, 0.15) is 5.82 Å². The van der Waals surface area contributed by atoms with Crippen molar-refractivity contribution in [1.29, 1.82) is 0 Å². The average molecular weight is 237 g/mol. The minimum atomic E-state index is -0.338. The summed E-state index contributed by atoms with van der Waals surface area (Å²) in [5.41, 5.74) is 1.11. The third kappa shape index (κ3) is 2.31. The van der Waals surface area contributed by atoms with Crippen molar-refractivity contribution in [3.63, 3.8) is 0 Å². The molecule has 1 N–H and O–H groups in total. The number of likely N-dealkylation sites (tertiary alicyclic amines) is 1. The van der Waals surface area contributed by atoms with Crippen LogP contribution in [-0.4, -0.2) is 22.5 Å². The zero-order valence-electron chi connectivity index (χ0n) is 9.82. The summed E-state index contributed by atoms with van der Waals surface area (Å²) in [5, 5.41) is 8.93. The average Bonchev–Trinajstić information content (AvgIpc) is 2.77. The van der Waals surface area contributed by atoms with Gasteiger partial charge in [0.05, 0.1) is 12.6 Å². The van der Waals surface area contributed by atoms with Crippen molar-refractivity contribution >= 4 is 5.91 Å². The quantitative estimate of drug-likeness (QED) is 0.854. The van der Waals surface area contributed by atoms with Crippen molar-refractivity contribution in [2.45, 2.75) is 32.4 Å². The molecule has 0 bridgehead atoms. The van der Waals surface area contributed by atoms with E-state index in [1.54, 1.807) is 17.0 Å². The molecule has 1 aliphatic heterocycles. The highest BCUT2D eigenvalue weighted by Crippen LogP contribution is 2.33. The summed E-state index contributed by atoms with van der Waals surface area (Å²) in [4.78, 5) is 13.1. The van der Waals surface area contributed by atoms with Crippen LogP contribution in [0.4, 0.5) is 4.39 Å². The number of hydrogen-bond acceptors (Lipinski definition) is 2. The Morgan fingerprint density at radius 2 is 2.35 bits per heavy atom. The van der Waals surface area contributed by atoms with E-state index in [1.807, 2.05) is 0 Å². The first-order valence-electron chi connectivity index (χ1n) is 5.80. The van der Waals surface area contributed by atoms with Gasteiger partial charge in [-0.25, -0.2) is 4.39 Å². The molecule has 1 unspecified atom stereocenters. The van der Waals surface area contributed by atoms with Gasteiger partial charge in [0, 0.05) is 19.0 Å². The van der Waals surface area contributed by atoms with Crippen LogP contribution in [0.1, 0.15) is 36.9 Å². The summed E-state index contributed by atoms with van der Waals surface area (Å²) in [5.74, 6) is -0.354. The van der Waals surface area contributed by atoms with Gasteiger partial charge in [0.25, 0.3) is 0 Å². The summed E-state index contributed by atoms with van der Waals surface area (Å²) < 4.78 is 13.9. The molecule has 0 spiro atoms. The lowest BCUT2D eigenvalue weighted by Crippen LogP contribution is -2.28. The van der Waals surface area contributed by atoms with Crippen molar-refractivity contribution in [3.05, 3.63) is 35.1 Å². The molecule has 1 aromatic carbocycles. The van der Waals surface area contributed by atoms with Crippen molar-refractivity contribution < 1.29 is 14.3 Å². The molecular formula is C13H16FNO2. The molecule has 0 aliphatic carbocycles. The van der Waals surface area contributed by atoms with E-state index in [0.717, 1.165) is 12.8 Å². The fourth-order valence-electron chi connectivity index (χ4n) is 2.41. The maximum atomic E-state index is 13.9. The maximum Gasteiger partial charge on any atom is 0.219 e. The van der Waals surface area contributed by atoms with Crippen LogP contribution < -0.4 is 0 Å². The van der Waals surface area contributed by atoms with Crippen molar-refractivity contribution in [2.75, 3.05) is 6.54 Å². The van der Waals surface area contributed by atoms with Crippen LogP contribution >= 0.6 is 0 Å². The van der Waals surface area contributed by atoms with Gasteiger partial charge < -0.3 is 10.0 Å². The smallest absolute Gasteiger partial charge is 0.219 e. The number of aliphatic hydroxyl groups is 1. The molecule has 1 fully saturated rings. The minimum Gasteiger partial charge on any atom is -0.392 e. The molecule has 1 aromatic rings. The van der Waals surface area contributed by atoms with Gasteiger partial charge >= 0.3 is 0 Å². The Morgan fingerprint density at radius 1 is 1.59 bits per heavy atom. The second kappa shape index (κ2) is 4.84. The SMILES string of the molecule is CC(=O)N1CCCC1c1ccc(CO)cc1F. The van der Waals surface area contributed by atoms with Crippen LogP contribution in [-0.2, 0) is 11.4 Å². The molecule has 0 radical (unpaired) electrons. The molecule has 92 valence electrons. The minimum absolute atomic E-state index is 0.0156. The Kier molecular flexibility index (Phi) is 3.43. The van der Waals surface area contributed by atoms with Gasteiger partial charge in [0.15, 0.2) is 0 Å². The summed E-state index contributed by atoms with van der Waals surface area (Å²) in [6, 6.07) is 4.56. The van der Waals surface area contributed by atoms with Gasteiger partial charge in [-0.3, -0.25) is 4.79 Å². The molecule has 1 saturated heterocycles. The Hall–Kier alpha value is -1.42. The highest BCUT2D eigenvalue weighted by atomic mass is 19.1. The number of hydrogen-bond donors (Lipinski definition) is 1. The van der Waals surface area contributed by atoms with Crippen LogP contribution in [0.25, 0.3) is 0 Å². The van der Waals surface area contributed by atoms with Crippen LogP contribution in [0, 0.1) is 5.82 Å². The number of carbonyl (C=O) groups is 1. The van der Waals surface area contributed by atoms with Gasteiger partial charge in [-0.2, -0.15) is 0 Å². The standard InChI is InChI=1S/C13H16FNO2/c1-9(17)15-6-2-3-13(15)11-5-4-10(8-16)7-12(11)14/h4-5,7,13,16H,2-3,6,8H2,1H3. The number of nitrogens with zero attached hydrogens (tertiary/aromatic N) is 1. The molecule has 1 heterocycles. The van der Waals surface area contributed by atoms with Gasteiger partial charge in [-0.05, 0) is 24.5 Å². The molecule has 1 aliphatic rings. The van der Waals surface area contributed by atoms with Crippen LogP contribution in [0.5, 0.6) is 0 Å². The number of aliphatic hydroxyl groups excluding tert-OH is 1. The van der Waals surface area contributed by atoms with E-state index in [-0.39, 0.29) is 24.4 Å². The molecule has 0 saturated carbocycles. The topological polar surface area (TPSA) is 40.5 Å². The van der Waals surface area contributed by atoms with Gasteiger partial charge in [0.2, 0.25) is 5.91 Å². The summed E-state index contributed by atoms with van der Waals surface area (Å²) in [7, 11) is 0. The van der Waals surface area contributed by atoms with Crippen molar-refractivity contribution in [3.8, 4) is 0 Å². The number of carbonyl (C=O) groups excluding carboxylic acids is 1. The lowest BCUT2D eigenvalue weighted by atomic mass is 10.0. The highest BCUT2D eigenvalue weighted by molar-refractivity contribution is 5.74. The second-order valence-corrected chi connectivity index (χ2v) is 4.38. The fraction of sp³-hybridized carbons (Fsp3) is 0.462. The number of benzene rings is 1. The Morgan fingerprint density at radius 3 is 2.94 bits per heavy atom. The first-order chi connectivity index (χ1) is 8.13. The zero-order chi connectivity index (χ0) is 12.4. The summed E-state index contributed by atoms with van der Waals surface area (Å²) in [6.07, 6.45) is 1.71. The van der Waals surface area contributed by atoms with Crippen LogP contribution in [0.3, 0.4) is 0 Å². The largest absolute Gasteiger partial charge is 0.392 e. The van der Waals surface area contributed by atoms with E-state index in [0.29, 0.717) is 17.7 Å². The molecular weight excluding hydrogens is 221 g/mol. The summed E-state index contributed by atoms with van der Waals surface area (Å²) in [6.45, 7) is 2.04. The van der Waals surface area contributed by atoms with Crippen LogP contribution in [0.15, 0.2) is 18.2 Å². The Labute approximate surface area is 99.9 Å². The molecule has 0 aromatic heterocycles. The first kappa shape index (κ1) is 12.0. The third-order valence-corrected chi connectivity index (χ3v) is 3.26. The Balaban J connectivity index is 2.30. The fourth-order valence-corrected chi connectivity index (χ4v) is 2.41. The van der Waals surface area contributed by atoms with Crippen LogP contribution in [0.2, 0.25) is 0 Å². The lowest BCUT2D eigenvalue weighted by Gasteiger charge is -2.24. The van der Waals surface area contributed by atoms with Crippen molar-refractivity contribution in [1.82, 2.24) is 4.90 Å². The van der Waals surface area contributed by atoms with Crippen molar-refractivity contribution in [2.24, 2.45) is 0 Å². The van der Waals surface area contributed by atoms with E-state index >= 15 is 0 Å². The van der Waals surface area contributed by atoms with E-state index in [4.69, 9.17) is 5.11 Å². The molecule has 17 heavy (non-hydrogen) atoms.